The molecule has 1 aliphatic carbocycles. The van der Waals surface area contributed by atoms with Gasteiger partial charge in [0.1, 0.15) is 0 Å². The minimum atomic E-state index is -1.05. The van der Waals surface area contributed by atoms with Crippen LogP contribution in [-0.2, 0) is 12.8 Å². The Morgan fingerprint density at radius 2 is 2.33 bits per heavy atom. The van der Waals surface area contributed by atoms with E-state index in [1.54, 1.807) is 6.20 Å². The van der Waals surface area contributed by atoms with Crippen LogP contribution in [0.3, 0.4) is 0 Å². The fraction of sp³-hybridized carbons (Fsp3) is 0.375. The third kappa shape index (κ3) is 1.05. The zero-order chi connectivity index (χ0) is 8.55. The summed E-state index contributed by atoms with van der Waals surface area (Å²) in [5, 5.41) is 8.59. The Morgan fingerprint density at radius 1 is 1.50 bits per heavy atom. The van der Waals surface area contributed by atoms with Crippen LogP contribution in [0.2, 0.25) is 0 Å². The number of aromatic nitrogens is 2. The summed E-state index contributed by atoms with van der Waals surface area (Å²) in [4.78, 5) is 18.2. The van der Waals surface area contributed by atoms with Gasteiger partial charge in [0.25, 0.3) is 0 Å². The molecule has 4 nitrogen and oxygen atoms in total. The first-order chi connectivity index (χ1) is 5.77. The van der Waals surface area contributed by atoms with Crippen LogP contribution in [0.15, 0.2) is 6.20 Å². The number of hydrogen-bond donors (Lipinski definition) is 1. The van der Waals surface area contributed by atoms with Crippen molar-refractivity contribution in [1.82, 2.24) is 9.97 Å². The van der Waals surface area contributed by atoms with Gasteiger partial charge in [0.15, 0.2) is 0 Å². The summed E-state index contributed by atoms with van der Waals surface area (Å²) in [5.41, 5.74) is 2.00. The lowest BCUT2D eigenvalue weighted by molar-refractivity contribution is 0.0683. The van der Waals surface area contributed by atoms with Gasteiger partial charge < -0.3 is 5.11 Å². The summed E-state index contributed by atoms with van der Waals surface area (Å²) in [6, 6.07) is 0. The van der Waals surface area contributed by atoms with Gasteiger partial charge in [0, 0.05) is 11.9 Å². The number of carbonyl (C=O) groups is 1. The Kier molecular flexibility index (Phi) is 1.53. The van der Waals surface area contributed by atoms with Crippen LogP contribution < -0.4 is 0 Å². The molecule has 1 heterocycles. The Bertz CT molecular complexity index is 336. The van der Waals surface area contributed by atoms with Crippen LogP contribution in [0, 0.1) is 0 Å². The molecule has 2 rings (SSSR count). The van der Waals surface area contributed by atoms with E-state index in [-0.39, 0.29) is 5.82 Å². The maximum Gasteiger partial charge on any atom is 0.373 e. The topological polar surface area (TPSA) is 63.1 Å². The van der Waals surface area contributed by atoms with Crippen LogP contribution >= 0.6 is 0 Å². The van der Waals surface area contributed by atoms with Crippen molar-refractivity contribution >= 4 is 5.97 Å². The Morgan fingerprint density at radius 3 is 3.08 bits per heavy atom. The van der Waals surface area contributed by atoms with E-state index in [1.807, 2.05) is 0 Å². The van der Waals surface area contributed by atoms with E-state index in [0.717, 1.165) is 30.5 Å². The van der Waals surface area contributed by atoms with Gasteiger partial charge in [0.05, 0.1) is 0 Å². The number of aromatic carboxylic acids is 1. The molecule has 0 atom stereocenters. The molecule has 1 aromatic heterocycles. The van der Waals surface area contributed by atoms with Crippen LogP contribution in [0.25, 0.3) is 0 Å². The van der Waals surface area contributed by atoms with Crippen LogP contribution in [-0.4, -0.2) is 21.0 Å². The molecule has 0 fully saturated rings. The van der Waals surface area contributed by atoms with Gasteiger partial charge >= 0.3 is 5.97 Å². The quantitative estimate of drug-likeness (QED) is 0.662. The van der Waals surface area contributed by atoms with Gasteiger partial charge in [-0.2, -0.15) is 0 Å². The lowest BCUT2D eigenvalue weighted by Crippen LogP contribution is -2.06. The highest BCUT2D eigenvalue weighted by Gasteiger charge is 2.15. The standard InChI is InChI=1S/C8H8N2O2/c11-8(12)7-9-4-5-2-1-3-6(5)10-7/h4H,1-3H2,(H,11,12). The monoisotopic (exact) mass is 164 g/mol. The van der Waals surface area contributed by atoms with Crippen LogP contribution in [0.5, 0.6) is 0 Å². The molecule has 12 heavy (non-hydrogen) atoms. The maximum atomic E-state index is 10.5. The van der Waals surface area contributed by atoms with Crippen molar-refractivity contribution in [2.24, 2.45) is 0 Å². The van der Waals surface area contributed by atoms with E-state index in [2.05, 4.69) is 9.97 Å². The molecule has 0 saturated carbocycles. The molecule has 1 aromatic rings. The smallest absolute Gasteiger partial charge is 0.373 e. The van der Waals surface area contributed by atoms with Crippen molar-refractivity contribution in [3.8, 4) is 0 Å². The summed E-state index contributed by atoms with van der Waals surface area (Å²) in [7, 11) is 0. The molecule has 1 N–H and O–H groups in total. The van der Waals surface area contributed by atoms with Crippen molar-refractivity contribution in [3.05, 3.63) is 23.3 Å². The molecular formula is C8H8N2O2. The minimum absolute atomic E-state index is 0.0874. The molecule has 0 bridgehead atoms. The zero-order valence-corrected chi connectivity index (χ0v) is 6.45. The largest absolute Gasteiger partial charge is 0.475 e. The fourth-order valence-corrected chi connectivity index (χ4v) is 1.42. The predicted molar refractivity (Wildman–Crippen MR) is 41.0 cm³/mol. The highest BCUT2D eigenvalue weighted by molar-refractivity contribution is 5.83. The first-order valence-electron chi connectivity index (χ1n) is 3.85. The average molecular weight is 164 g/mol. The molecule has 0 aromatic carbocycles. The van der Waals surface area contributed by atoms with Crippen molar-refractivity contribution in [2.75, 3.05) is 0 Å². The van der Waals surface area contributed by atoms with Gasteiger partial charge in [0.2, 0.25) is 5.82 Å². The normalized spacial score (nSPS) is 14.3. The van der Waals surface area contributed by atoms with Crippen molar-refractivity contribution in [2.45, 2.75) is 19.3 Å². The molecule has 62 valence electrons. The van der Waals surface area contributed by atoms with E-state index >= 15 is 0 Å². The summed E-state index contributed by atoms with van der Waals surface area (Å²) in [6.07, 6.45) is 4.55. The Hall–Kier alpha value is -1.45. The molecule has 0 saturated heterocycles. The second-order valence-electron chi connectivity index (χ2n) is 2.82. The number of carboxylic acid groups (broad SMARTS) is 1. The number of carboxylic acids is 1. The number of hydrogen-bond acceptors (Lipinski definition) is 3. The first kappa shape index (κ1) is 7.21. The summed E-state index contributed by atoms with van der Waals surface area (Å²) in [6.45, 7) is 0. The number of fused-ring (bicyclic) bond motifs is 1. The summed E-state index contributed by atoms with van der Waals surface area (Å²) >= 11 is 0. The van der Waals surface area contributed by atoms with E-state index in [0.29, 0.717) is 0 Å². The second-order valence-corrected chi connectivity index (χ2v) is 2.82. The van der Waals surface area contributed by atoms with Gasteiger partial charge in [-0.3, -0.25) is 0 Å². The van der Waals surface area contributed by atoms with Gasteiger partial charge in [-0.05, 0) is 24.8 Å². The summed E-state index contributed by atoms with van der Waals surface area (Å²) < 4.78 is 0. The highest BCUT2D eigenvalue weighted by atomic mass is 16.4. The molecule has 1 aliphatic rings. The van der Waals surface area contributed by atoms with Crippen molar-refractivity contribution < 1.29 is 9.90 Å². The molecule has 0 amide bonds. The average Bonchev–Trinajstić information content (AvgIpc) is 2.49. The summed E-state index contributed by atoms with van der Waals surface area (Å²) in [5.74, 6) is -1.14. The lowest BCUT2D eigenvalue weighted by atomic mass is 10.3. The number of rotatable bonds is 1. The molecular weight excluding hydrogens is 156 g/mol. The lowest BCUT2D eigenvalue weighted by Gasteiger charge is -1.97. The van der Waals surface area contributed by atoms with E-state index in [4.69, 9.17) is 5.11 Å². The van der Waals surface area contributed by atoms with Gasteiger partial charge in [-0.25, -0.2) is 14.8 Å². The SMILES string of the molecule is O=C(O)c1ncc2c(n1)CCC2. The predicted octanol–water partition coefficient (Wildman–Crippen LogP) is 0.663. The second kappa shape index (κ2) is 2.55. The van der Waals surface area contributed by atoms with Gasteiger partial charge in [-0.15, -0.1) is 0 Å². The zero-order valence-electron chi connectivity index (χ0n) is 6.45. The van der Waals surface area contributed by atoms with Crippen molar-refractivity contribution in [1.29, 1.82) is 0 Å². The maximum absolute atomic E-state index is 10.5. The number of nitrogens with zero attached hydrogens (tertiary/aromatic N) is 2. The fourth-order valence-electron chi connectivity index (χ4n) is 1.42. The molecule has 0 aliphatic heterocycles. The molecule has 4 heteroatoms. The third-order valence-electron chi connectivity index (χ3n) is 2.01. The van der Waals surface area contributed by atoms with Gasteiger partial charge in [-0.1, -0.05) is 0 Å². The van der Waals surface area contributed by atoms with Crippen LogP contribution in [0.1, 0.15) is 28.3 Å². The van der Waals surface area contributed by atoms with E-state index in [1.165, 1.54) is 0 Å². The Labute approximate surface area is 69.3 Å². The van der Waals surface area contributed by atoms with Crippen molar-refractivity contribution in [3.63, 3.8) is 0 Å². The highest BCUT2D eigenvalue weighted by Crippen LogP contribution is 2.18. The minimum Gasteiger partial charge on any atom is -0.475 e. The molecule has 0 unspecified atom stereocenters. The molecule has 0 radical (unpaired) electrons. The Balaban J connectivity index is 2.45. The third-order valence-corrected chi connectivity index (χ3v) is 2.01. The van der Waals surface area contributed by atoms with E-state index < -0.39 is 5.97 Å². The number of aryl methyl sites for hydroxylation is 2. The van der Waals surface area contributed by atoms with Crippen LogP contribution in [0.4, 0.5) is 0 Å². The van der Waals surface area contributed by atoms with E-state index in [9.17, 15) is 4.79 Å². The molecule has 0 spiro atoms. The first-order valence-corrected chi connectivity index (χ1v) is 3.85.